The number of ether oxygens (including phenoxy) is 1. The minimum absolute atomic E-state index is 0.0349. The number of carbonyl (C=O) groups excluding carboxylic acids is 1. The molecule has 1 amide bonds. The first kappa shape index (κ1) is 20.8. The molecule has 0 unspecified atom stereocenters. The van der Waals surface area contributed by atoms with Crippen molar-refractivity contribution in [3.63, 3.8) is 0 Å². The Hall–Kier alpha value is -2.88. The van der Waals surface area contributed by atoms with Crippen LogP contribution in [0.1, 0.15) is 21.7 Å². The number of morpholine rings is 1. The Bertz CT molecular complexity index is 854. The van der Waals surface area contributed by atoms with Gasteiger partial charge in [-0.3, -0.25) is 4.79 Å². The van der Waals surface area contributed by atoms with E-state index < -0.39 is 17.6 Å². The van der Waals surface area contributed by atoms with Crippen molar-refractivity contribution in [1.29, 1.82) is 0 Å². The lowest BCUT2D eigenvalue weighted by Gasteiger charge is -2.28. The smallest absolute Gasteiger partial charge is 0.378 e. The van der Waals surface area contributed by atoms with Gasteiger partial charge in [0.25, 0.3) is 5.91 Å². The largest absolute Gasteiger partial charge is 0.416 e. The van der Waals surface area contributed by atoms with Crippen molar-refractivity contribution in [1.82, 2.24) is 15.3 Å². The highest BCUT2D eigenvalue weighted by Crippen LogP contribution is 2.29. The SMILES string of the molecule is Cc1nc(NCCNC(=O)c2cccc(C(F)(F)F)c2)cc(N2CCOCC2)n1. The molecule has 1 aromatic heterocycles. The van der Waals surface area contributed by atoms with E-state index >= 15 is 0 Å². The number of aromatic nitrogens is 2. The second-order valence-corrected chi connectivity index (χ2v) is 6.52. The van der Waals surface area contributed by atoms with Crippen LogP contribution in [0.15, 0.2) is 30.3 Å². The Kier molecular flexibility index (Phi) is 6.53. The van der Waals surface area contributed by atoms with Gasteiger partial charge < -0.3 is 20.3 Å². The molecule has 156 valence electrons. The second-order valence-electron chi connectivity index (χ2n) is 6.52. The number of rotatable bonds is 6. The van der Waals surface area contributed by atoms with E-state index in [4.69, 9.17) is 4.74 Å². The Morgan fingerprint density at radius 3 is 2.66 bits per heavy atom. The number of halogens is 3. The number of nitrogens with one attached hydrogen (secondary N) is 2. The van der Waals surface area contributed by atoms with Gasteiger partial charge in [-0.2, -0.15) is 13.2 Å². The summed E-state index contributed by atoms with van der Waals surface area (Å²) in [5.74, 6) is 1.47. The standard InChI is InChI=1S/C19H22F3N5O2/c1-13-25-16(12-17(26-13)27-7-9-29-10-8-27)23-5-6-24-18(28)14-3-2-4-15(11-14)19(20,21)22/h2-4,11-12H,5-10H2,1H3,(H,24,28)(H,23,25,26). The molecule has 2 aromatic rings. The van der Waals surface area contributed by atoms with Crippen LogP contribution in [0.5, 0.6) is 0 Å². The summed E-state index contributed by atoms with van der Waals surface area (Å²) >= 11 is 0. The number of nitrogens with zero attached hydrogens (tertiary/aromatic N) is 3. The van der Waals surface area contributed by atoms with Crippen LogP contribution in [0, 0.1) is 6.92 Å². The van der Waals surface area contributed by atoms with Crippen LogP contribution in [0.2, 0.25) is 0 Å². The van der Waals surface area contributed by atoms with Crippen LogP contribution < -0.4 is 15.5 Å². The molecule has 0 spiro atoms. The van der Waals surface area contributed by atoms with Gasteiger partial charge in [0.05, 0.1) is 18.8 Å². The minimum atomic E-state index is -4.49. The van der Waals surface area contributed by atoms with Crippen molar-refractivity contribution in [2.45, 2.75) is 13.1 Å². The molecule has 7 nitrogen and oxygen atoms in total. The molecule has 0 aliphatic carbocycles. The lowest BCUT2D eigenvalue weighted by Crippen LogP contribution is -2.37. The van der Waals surface area contributed by atoms with Crippen LogP contribution in [-0.2, 0) is 10.9 Å². The average molecular weight is 409 g/mol. The third-order valence-corrected chi connectivity index (χ3v) is 4.33. The molecule has 1 aliphatic heterocycles. The van der Waals surface area contributed by atoms with E-state index in [1.54, 1.807) is 6.92 Å². The van der Waals surface area contributed by atoms with Crippen molar-refractivity contribution in [2.24, 2.45) is 0 Å². The van der Waals surface area contributed by atoms with Gasteiger partial charge in [0, 0.05) is 37.8 Å². The quantitative estimate of drug-likeness (QED) is 0.714. The molecule has 29 heavy (non-hydrogen) atoms. The summed E-state index contributed by atoms with van der Waals surface area (Å²) in [4.78, 5) is 23.0. The highest BCUT2D eigenvalue weighted by Gasteiger charge is 2.30. The van der Waals surface area contributed by atoms with Crippen molar-refractivity contribution in [2.75, 3.05) is 49.6 Å². The van der Waals surface area contributed by atoms with Crippen LogP contribution in [-0.4, -0.2) is 55.3 Å². The topological polar surface area (TPSA) is 79.4 Å². The van der Waals surface area contributed by atoms with Gasteiger partial charge >= 0.3 is 6.18 Å². The first-order valence-corrected chi connectivity index (χ1v) is 9.20. The first-order chi connectivity index (χ1) is 13.8. The highest BCUT2D eigenvalue weighted by atomic mass is 19.4. The molecule has 3 rings (SSSR count). The summed E-state index contributed by atoms with van der Waals surface area (Å²) in [7, 11) is 0. The van der Waals surface area contributed by atoms with Gasteiger partial charge in [0.2, 0.25) is 0 Å². The molecule has 2 heterocycles. The van der Waals surface area contributed by atoms with E-state index in [2.05, 4.69) is 25.5 Å². The molecule has 0 radical (unpaired) electrons. The maximum Gasteiger partial charge on any atom is 0.416 e. The monoisotopic (exact) mass is 409 g/mol. The highest BCUT2D eigenvalue weighted by molar-refractivity contribution is 5.94. The Labute approximate surface area is 166 Å². The van der Waals surface area contributed by atoms with Gasteiger partial charge in [0.15, 0.2) is 0 Å². The number of alkyl halides is 3. The predicted molar refractivity (Wildman–Crippen MR) is 102 cm³/mol. The number of hydrogen-bond donors (Lipinski definition) is 2. The predicted octanol–water partition coefficient (Wildman–Crippen LogP) is 2.48. The molecule has 10 heteroatoms. The fourth-order valence-corrected chi connectivity index (χ4v) is 2.90. The van der Waals surface area contributed by atoms with Gasteiger partial charge in [-0.25, -0.2) is 9.97 Å². The average Bonchev–Trinajstić information content (AvgIpc) is 2.71. The van der Waals surface area contributed by atoms with Crippen LogP contribution in [0.25, 0.3) is 0 Å². The maximum absolute atomic E-state index is 12.8. The molecule has 2 N–H and O–H groups in total. The molecule has 1 aliphatic rings. The van der Waals surface area contributed by atoms with E-state index in [9.17, 15) is 18.0 Å². The number of anilines is 2. The van der Waals surface area contributed by atoms with Crippen LogP contribution in [0.3, 0.4) is 0 Å². The summed E-state index contributed by atoms with van der Waals surface area (Å²) in [5, 5.41) is 5.71. The molecular weight excluding hydrogens is 387 g/mol. The molecule has 0 atom stereocenters. The summed E-state index contributed by atoms with van der Waals surface area (Å²) in [6.45, 7) is 5.19. The Morgan fingerprint density at radius 1 is 1.17 bits per heavy atom. The maximum atomic E-state index is 12.8. The molecule has 0 saturated carbocycles. The third kappa shape index (κ3) is 5.80. The van der Waals surface area contributed by atoms with Gasteiger partial charge in [-0.1, -0.05) is 6.07 Å². The molecule has 1 aromatic carbocycles. The van der Waals surface area contributed by atoms with Gasteiger partial charge in [-0.05, 0) is 25.1 Å². The summed E-state index contributed by atoms with van der Waals surface area (Å²) in [6, 6.07) is 6.16. The van der Waals surface area contributed by atoms with Crippen molar-refractivity contribution >= 4 is 17.5 Å². The van der Waals surface area contributed by atoms with E-state index in [-0.39, 0.29) is 12.1 Å². The normalized spacial score (nSPS) is 14.6. The zero-order valence-electron chi connectivity index (χ0n) is 15.9. The van der Waals surface area contributed by atoms with Crippen molar-refractivity contribution in [3.05, 3.63) is 47.3 Å². The number of aryl methyl sites for hydroxylation is 1. The van der Waals surface area contributed by atoms with E-state index in [0.717, 1.165) is 31.0 Å². The lowest BCUT2D eigenvalue weighted by atomic mass is 10.1. The summed E-state index contributed by atoms with van der Waals surface area (Å²) in [6.07, 6.45) is -4.49. The molecule has 1 fully saturated rings. The van der Waals surface area contributed by atoms with Crippen molar-refractivity contribution < 1.29 is 22.7 Å². The zero-order valence-corrected chi connectivity index (χ0v) is 15.9. The lowest BCUT2D eigenvalue weighted by molar-refractivity contribution is -0.137. The molecule has 1 saturated heterocycles. The Balaban J connectivity index is 1.53. The van der Waals surface area contributed by atoms with Gasteiger partial charge in [-0.15, -0.1) is 0 Å². The summed E-state index contributed by atoms with van der Waals surface area (Å²) < 4.78 is 43.6. The van der Waals surface area contributed by atoms with E-state index in [1.165, 1.54) is 12.1 Å². The van der Waals surface area contributed by atoms with Crippen LogP contribution >= 0.6 is 0 Å². The number of amides is 1. The second kappa shape index (κ2) is 9.08. The number of carbonyl (C=O) groups is 1. The molecular formula is C19H22F3N5O2. The minimum Gasteiger partial charge on any atom is -0.378 e. The molecule has 0 bridgehead atoms. The van der Waals surface area contributed by atoms with Crippen LogP contribution in [0.4, 0.5) is 24.8 Å². The van der Waals surface area contributed by atoms with E-state index in [1.807, 2.05) is 6.07 Å². The first-order valence-electron chi connectivity index (χ1n) is 9.20. The van der Waals surface area contributed by atoms with Gasteiger partial charge in [0.1, 0.15) is 17.5 Å². The fraction of sp³-hybridized carbons (Fsp3) is 0.421. The fourth-order valence-electron chi connectivity index (χ4n) is 2.90. The number of benzene rings is 1. The third-order valence-electron chi connectivity index (χ3n) is 4.33. The van der Waals surface area contributed by atoms with E-state index in [0.29, 0.717) is 31.4 Å². The van der Waals surface area contributed by atoms with Crippen molar-refractivity contribution in [3.8, 4) is 0 Å². The number of hydrogen-bond acceptors (Lipinski definition) is 6. The Morgan fingerprint density at radius 2 is 1.93 bits per heavy atom. The summed E-state index contributed by atoms with van der Waals surface area (Å²) in [5.41, 5.74) is -0.886. The zero-order chi connectivity index (χ0) is 20.9.